The van der Waals surface area contributed by atoms with Crippen molar-refractivity contribution in [2.45, 2.75) is 32.1 Å². The molecule has 2 atom stereocenters. The van der Waals surface area contributed by atoms with Gasteiger partial charge in [-0.2, -0.15) is 0 Å². The zero-order valence-corrected chi connectivity index (χ0v) is 9.97. The Bertz CT molecular complexity index is 337. The van der Waals surface area contributed by atoms with Gasteiger partial charge in [0.15, 0.2) is 0 Å². The Morgan fingerprint density at radius 3 is 2.24 bits per heavy atom. The first-order valence-corrected chi connectivity index (χ1v) is 6.67. The van der Waals surface area contributed by atoms with E-state index in [0.717, 1.165) is 0 Å². The summed E-state index contributed by atoms with van der Waals surface area (Å²) in [6, 6.07) is 0. The maximum absolute atomic E-state index is 12.2. The zero-order chi connectivity index (χ0) is 12.0. The molecular weight excluding hydrogens is 218 g/mol. The minimum atomic E-state index is -0.748. The molecule has 0 aromatic heterocycles. The highest BCUT2D eigenvalue weighted by Gasteiger charge is 2.56. The van der Waals surface area contributed by atoms with E-state index in [1.807, 2.05) is 4.90 Å². The standard InChI is InChI=1S/C13H19NO3/c15-11(16)5-8-6-14(7-8)13(17)12-9-3-1-2-4-10(9)12/h8-10,12H,1-7H2,(H,15,16). The third-order valence-corrected chi connectivity index (χ3v) is 4.67. The third kappa shape index (κ3) is 1.94. The highest BCUT2D eigenvalue weighted by Crippen LogP contribution is 2.56. The van der Waals surface area contributed by atoms with Crippen LogP contribution in [0.5, 0.6) is 0 Å². The van der Waals surface area contributed by atoms with Crippen molar-refractivity contribution < 1.29 is 14.7 Å². The second-order valence-corrected chi connectivity index (χ2v) is 5.85. The molecule has 1 aliphatic heterocycles. The van der Waals surface area contributed by atoms with E-state index in [4.69, 9.17) is 5.11 Å². The maximum atomic E-state index is 12.2. The van der Waals surface area contributed by atoms with Gasteiger partial charge >= 0.3 is 5.97 Å². The van der Waals surface area contributed by atoms with E-state index in [-0.39, 0.29) is 12.3 Å². The monoisotopic (exact) mass is 237 g/mol. The molecular formula is C13H19NO3. The van der Waals surface area contributed by atoms with Gasteiger partial charge in [0.1, 0.15) is 0 Å². The lowest BCUT2D eigenvalue weighted by atomic mass is 9.95. The maximum Gasteiger partial charge on any atom is 0.303 e. The van der Waals surface area contributed by atoms with Gasteiger partial charge < -0.3 is 10.0 Å². The SMILES string of the molecule is O=C(O)CC1CN(C(=O)C2C3CCCCC32)C1. The topological polar surface area (TPSA) is 57.6 Å². The average molecular weight is 237 g/mol. The number of hydrogen-bond donors (Lipinski definition) is 1. The number of carboxylic acid groups (broad SMARTS) is 1. The van der Waals surface area contributed by atoms with E-state index in [0.29, 0.717) is 36.8 Å². The summed E-state index contributed by atoms with van der Waals surface area (Å²) in [5.74, 6) is 1.37. The normalized spacial score (nSPS) is 36.0. The number of likely N-dealkylation sites (tertiary alicyclic amines) is 1. The smallest absolute Gasteiger partial charge is 0.303 e. The van der Waals surface area contributed by atoms with Gasteiger partial charge in [-0.25, -0.2) is 0 Å². The summed E-state index contributed by atoms with van der Waals surface area (Å²) in [7, 11) is 0. The van der Waals surface area contributed by atoms with Crippen LogP contribution in [0.4, 0.5) is 0 Å². The third-order valence-electron chi connectivity index (χ3n) is 4.67. The number of carboxylic acids is 1. The van der Waals surface area contributed by atoms with Gasteiger partial charge in [-0.05, 0) is 24.7 Å². The lowest BCUT2D eigenvalue weighted by Crippen LogP contribution is -2.51. The van der Waals surface area contributed by atoms with Gasteiger partial charge in [-0.1, -0.05) is 12.8 Å². The molecule has 17 heavy (non-hydrogen) atoms. The molecule has 2 aliphatic carbocycles. The van der Waals surface area contributed by atoms with Crippen LogP contribution in [-0.4, -0.2) is 35.0 Å². The van der Waals surface area contributed by atoms with Crippen molar-refractivity contribution in [3.63, 3.8) is 0 Å². The van der Waals surface area contributed by atoms with Gasteiger partial charge in [0.05, 0.1) is 6.42 Å². The summed E-state index contributed by atoms with van der Waals surface area (Å²) in [5.41, 5.74) is 0. The van der Waals surface area contributed by atoms with Gasteiger partial charge in [0, 0.05) is 24.9 Å². The van der Waals surface area contributed by atoms with E-state index < -0.39 is 5.97 Å². The lowest BCUT2D eigenvalue weighted by Gasteiger charge is -2.39. The molecule has 4 nitrogen and oxygen atoms in total. The van der Waals surface area contributed by atoms with Crippen LogP contribution >= 0.6 is 0 Å². The van der Waals surface area contributed by atoms with E-state index in [2.05, 4.69) is 0 Å². The first-order chi connectivity index (χ1) is 8.16. The van der Waals surface area contributed by atoms with Crippen LogP contribution < -0.4 is 0 Å². The molecule has 3 aliphatic rings. The van der Waals surface area contributed by atoms with Crippen LogP contribution in [0.2, 0.25) is 0 Å². The highest BCUT2D eigenvalue weighted by atomic mass is 16.4. The number of aliphatic carboxylic acids is 1. The van der Waals surface area contributed by atoms with E-state index in [1.54, 1.807) is 0 Å². The summed E-state index contributed by atoms with van der Waals surface area (Å²) >= 11 is 0. The Morgan fingerprint density at radius 2 is 1.71 bits per heavy atom. The minimum Gasteiger partial charge on any atom is -0.481 e. The van der Waals surface area contributed by atoms with E-state index in [9.17, 15) is 9.59 Å². The lowest BCUT2D eigenvalue weighted by molar-refractivity contribution is -0.146. The number of hydrogen-bond acceptors (Lipinski definition) is 2. The van der Waals surface area contributed by atoms with Crippen LogP contribution in [0.1, 0.15) is 32.1 Å². The van der Waals surface area contributed by atoms with Crippen molar-refractivity contribution in [1.82, 2.24) is 4.90 Å². The minimum absolute atomic E-state index is 0.192. The molecule has 1 heterocycles. The summed E-state index contributed by atoms with van der Waals surface area (Å²) in [6.45, 7) is 1.34. The van der Waals surface area contributed by atoms with Crippen molar-refractivity contribution in [3.05, 3.63) is 0 Å². The van der Waals surface area contributed by atoms with Gasteiger partial charge in [-0.3, -0.25) is 9.59 Å². The molecule has 0 aromatic carbocycles. The van der Waals surface area contributed by atoms with Gasteiger partial charge in [0.2, 0.25) is 5.91 Å². The Balaban J connectivity index is 1.48. The van der Waals surface area contributed by atoms with Crippen LogP contribution in [0.25, 0.3) is 0 Å². The Kier molecular flexibility index (Phi) is 2.60. The molecule has 1 saturated heterocycles. The molecule has 2 saturated carbocycles. The Hall–Kier alpha value is -1.06. The van der Waals surface area contributed by atoms with E-state index in [1.165, 1.54) is 25.7 Å². The Labute approximate surface area is 101 Å². The fourth-order valence-electron chi connectivity index (χ4n) is 3.70. The predicted molar refractivity (Wildman–Crippen MR) is 61.3 cm³/mol. The molecule has 1 N–H and O–H groups in total. The number of carbonyl (C=O) groups excluding carboxylic acids is 1. The van der Waals surface area contributed by atoms with Crippen molar-refractivity contribution in [2.24, 2.45) is 23.7 Å². The number of fused-ring (bicyclic) bond motifs is 1. The van der Waals surface area contributed by atoms with Crippen molar-refractivity contribution in [3.8, 4) is 0 Å². The number of carbonyl (C=O) groups is 2. The molecule has 1 amide bonds. The second-order valence-electron chi connectivity index (χ2n) is 5.85. The molecule has 0 radical (unpaired) electrons. The van der Waals surface area contributed by atoms with E-state index >= 15 is 0 Å². The summed E-state index contributed by atoms with van der Waals surface area (Å²) in [5, 5.41) is 8.66. The number of nitrogens with zero attached hydrogens (tertiary/aromatic N) is 1. The fourth-order valence-corrected chi connectivity index (χ4v) is 3.70. The number of rotatable bonds is 3. The van der Waals surface area contributed by atoms with Crippen LogP contribution in [0.3, 0.4) is 0 Å². The van der Waals surface area contributed by atoms with Crippen molar-refractivity contribution in [1.29, 1.82) is 0 Å². The van der Waals surface area contributed by atoms with Crippen LogP contribution in [-0.2, 0) is 9.59 Å². The molecule has 0 spiro atoms. The summed E-state index contributed by atoms with van der Waals surface area (Å²) < 4.78 is 0. The molecule has 0 aromatic rings. The number of amides is 1. The summed E-state index contributed by atoms with van der Waals surface area (Å²) in [4.78, 5) is 24.6. The molecule has 4 heteroatoms. The predicted octanol–water partition coefficient (Wildman–Crippen LogP) is 1.36. The van der Waals surface area contributed by atoms with Gasteiger partial charge in [0.25, 0.3) is 0 Å². The molecule has 3 rings (SSSR count). The zero-order valence-electron chi connectivity index (χ0n) is 9.97. The molecule has 3 fully saturated rings. The fraction of sp³-hybridized carbons (Fsp3) is 0.846. The second kappa shape index (κ2) is 4.00. The first-order valence-electron chi connectivity index (χ1n) is 6.67. The molecule has 2 unspecified atom stereocenters. The molecule has 0 bridgehead atoms. The van der Waals surface area contributed by atoms with Crippen LogP contribution in [0, 0.1) is 23.7 Å². The first kappa shape index (κ1) is 11.1. The van der Waals surface area contributed by atoms with Crippen molar-refractivity contribution >= 4 is 11.9 Å². The average Bonchev–Trinajstić information content (AvgIpc) is 2.95. The summed E-state index contributed by atoms with van der Waals surface area (Å²) in [6.07, 6.45) is 5.24. The quantitative estimate of drug-likeness (QED) is 0.806. The molecule has 94 valence electrons. The van der Waals surface area contributed by atoms with Gasteiger partial charge in [-0.15, -0.1) is 0 Å². The highest BCUT2D eigenvalue weighted by molar-refractivity contribution is 5.83. The van der Waals surface area contributed by atoms with Crippen molar-refractivity contribution in [2.75, 3.05) is 13.1 Å². The van der Waals surface area contributed by atoms with Crippen LogP contribution in [0.15, 0.2) is 0 Å². The largest absolute Gasteiger partial charge is 0.481 e. The Morgan fingerprint density at radius 1 is 1.12 bits per heavy atom.